The molecule has 0 bridgehead atoms. The van der Waals surface area contributed by atoms with Crippen LogP contribution in [-0.4, -0.2) is 21.0 Å². The van der Waals surface area contributed by atoms with Crippen LogP contribution in [0.3, 0.4) is 0 Å². The Morgan fingerprint density at radius 1 is 1.13 bits per heavy atom. The Hall–Kier alpha value is -1.76. The van der Waals surface area contributed by atoms with Gasteiger partial charge in [0.1, 0.15) is 0 Å². The van der Waals surface area contributed by atoms with Gasteiger partial charge in [-0.1, -0.05) is 29.3 Å². The van der Waals surface area contributed by atoms with Gasteiger partial charge >= 0.3 is 5.97 Å². The Bertz CT molecular complexity index is 837. The van der Waals surface area contributed by atoms with E-state index in [1.165, 1.54) is 36.4 Å². The molecule has 0 saturated heterocycles. The van der Waals surface area contributed by atoms with Crippen LogP contribution in [-0.2, 0) is 14.8 Å². The van der Waals surface area contributed by atoms with E-state index in [0.29, 0.717) is 0 Å². The summed E-state index contributed by atoms with van der Waals surface area (Å²) in [7, 11) is -3.85. The number of anilines is 1. The second-order valence-electron chi connectivity index (χ2n) is 4.48. The van der Waals surface area contributed by atoms with E-state index < -0.39 is 16.0 Å². The number of rotatable bonds is 5. The smallest absolute Gasteiger partial charge is 0.338 e. The summed E-state index contributed by atoms with van der Waals surface area (Å²) in [6.07, 6.45) is 0. The van der Waals surface area contributed by atoms with E-state index in [0.717, 1.165) is 0 Å². The van der Waals surface area contributed by atoms with Crippen LogP contribution in [0.5, 0.6) is 0 Å². The molecule has 0 radical (unpaired) electrons. The summed E-state index contributed by atoms with van der Waals surface area (Å²) in [4.78, 5) is 11.6. The lowest BCUT2D eigenvalue weighted by Gasteiger charge is -2.10. The van der Waals surface area contributed by atoms with Crippen molar-refractivity contribution in [3.63, 3.8) is 0 Å². The van der Waals surface area contributed by atoms with Crippen LogP contribution < -0.4 is 4.72 Å². The van der Waals surface area contributed by atoms with Gasteiger partial charge < -0.3 is 4.74 Å². The Kier molecular flexibility index (Phi) is 5.51. The lowest BCUT2D eigenvalue weighted by Crippen LogP contribution is -2.13. The molecule has 0 aliphatic rings. The molecule has 0 aromatic heterocycles. The maximum absolute atomic E-state index is 12.3. The van der Waals surface area contributed by atoms with Crippen molar-refractivity contribution >= 4 is 44.9 Å². The highest BCUT2D eigenvalue weighted by molar-refractivity contribution is 7.92. The zero-order chi connectivity index (χ0) is 17.0. The number of hydrogen-bond acceptors (Lipinski definition) is 4. The molecule has 122 valence electrons. The van der Waals surface area contributed by atoms with E-state index in [9.17, 15) is 13.2 Å². The van der Waals surface area contributed by atoms with Gasteiger partial charge in [-0.2, -0.15) is 0 Å². The minimum Gasteiger partial charge on any atom is -0.462 e. The lowest BCUT2D eigenvalue weighted by molar-refractivity contribution is 0.0526. The molecule has 0 spiro atoms. The van der Waals surface area contributed by atoms with Crippen molar-refractivity contribution in [2.45, 2.75) is 11.8 Å². The molecule has 2 rings (SSSR count). The number of sulfonamides is 1. The predicted molar refractivity (Wildman–Crippen MR) is 89.7 cm³/mol. The van der Waals surface area contributed by atoms with Crippen LogP contribution in [0.2, 0.25) is 10.0 Å². The summed E-state index contributed by atoms with van der Waals surface area (Å²) in [5.74, 6) is -0.525. The molecule has 0 fully saturated rings. The molecule has 2 aromatic rings. The molecule has 23 heavy (non-hydrogen) atoms. The second-order valence-corrected chi connectivity index (χ2v) is 6.98. The fourth-order valence-corrected chi connectivity index (χ4v) is 3.22. The van der Waals surface area contributed by atoms with Crippen LogP contribution in [0.25, 0.3) is 0 Å². The van der Waals surface area contributed by atoms with E-state index >= 15 is 0 Å². The van der Waals surface area contributed by atoms with Crippen molar-refractivity contribution in [3.8, 4) is 0 Å². The monoisotopic (exact) mass is 373 g/mol. The van der Waals surface area contributed by atoms with Gasteiger partial charge in [-0.05, 0) is 43.3 Å². The van der Waals surface area contributed by atoms with Crippen LogP contribution in [0, 0.1) is 0 Å². The molecule has 0 aliphatic carbocycles. The topological polar surface area (TPSA) is 72.5 Å². The Morgan fingerprint density at radius 3 is 2.52 bits per heavy atom. The quantitative estimate of drug-likeness (QED) is 0.804. The van der Waals surface area contributed by atoms with E-state index in [-0.39, 0.29) is 32.8 Å². The Balaban J connectivity index is 2.28. The van der Waals surface area contributed by atoms with E-state index in [4.69, 9.17) is 27.9 Å². The van der Waals surface area contributed by atoms with Crippen LogP contribution in [0.15, 0.2) is 47.4 Å². The van der Waals surface area contributed by atoms with Crippen LogP contribution in [0.4, 0.5) is 5.69 Å². The third kappa shape index (κ3) is 4.37. The summed E-state index contributed by atoms with van der Waals surface area (Å²) >= 11 is 11.6. The number of halogens is 2. The van der Waals surface area contributed by atoms with Crippen molar-refractivity contribution in [2.24, 2.45) is 0 Å². The molecule has 0 saturated carbocycles. The number of carbonyl (C=O) groups excluding carboxylic acids is 1. The molecule has 0 amide bonds. The van der Waals surface area contributed by atoms with E-state index in [2.05, 4.69) is 4.72 Å². The summed E-state index contributed by atoms with van der Waals surface area (Å²) in [6.45, 7) is 1.92. The summed E-state index contributed by atoms with van der Waals surface area (Å²) in [6, 6.07) is 10.00. The van der Waals surface area contributed by atoms with E-state index in [1.807, 2.05) is 0 Å². The standard InChI is InChI=1S/C15H13Cl2NO4S/c1-2-22-15(19)10-4-3-5-11(8-10)18-23(20,21)12-6-7-13(16)14(17)9-12/h3-9,18H,2H2,1H3. The van der Waals surface area contributed by atoms with Gasteiger partial charge in [0.25, 0.3) is 10.0 Å². The summed E-state index contributed by atoms with van der Waals surface area (Å²) in [5, 5.41) is 0.393. The van der Waals surface area contributed by atoms with Gasteiger partial charge in [-0.3, -0.25) is 4.72 Å². The first-order valence-corrected chi connectivity index (χ1v) is 8.82. The molecule has 0 atom stereocenters. The highest BCUT2D eigenvalue weighted by Gasteiger charge is 2.16. The normalized spacial score (nSPS) is 11.1. The molecule has 5 nitrogen and oxygen atoms in total. The second kappa shape index (κ2) is 7.21. The number of hydrogen-bond donors (Lipinski definition) is 1. The SMILES string of the molecule is CCOC(=O)c1cccc(NS(=O)(=O)c2ccc(Cl)c(Cl)c2)c1. The van der Waals surface area contributed by atoms with Gasteiger partial charge in [0, 0.05) is 5.69 Å². The van der Waals surface area contributed by atoms with Crippen LogP contribution >= 0.6 is 23.2 Å². The predicted octanol–water partition coefficient (Wildman–Crippen LogP) is 3.97. The third-order valence-corrected chi connectivity index (χ3v) is 4.95. The average Bonchev–Trinajstić information content (AvgIpc) is 2.50. The molecule has 1 N–H and O–H groups in total. The van der Waals surface area contributed by atoms with Gasteiger partial charge in [0.05, 0.1) is 27.1 Å². The minimum absolute atomic E-state index is 0.0339. The number of carbonyl (C=O) groups is 1. The van der Waals surface area contributed by atoms with Gasteiger partial charge in [-0.25, -0.2) is 13.2 Å². The highest BCUT2D eigenvalue weighted by Crippen LogP contribution is 2.26. The third-order valence-electron chi connectivity index (χ3n) is 2.83. The zero-order valence-electron chi connectivity index (χ0n) is 12.0. The molecule has 2 aromatic carbocycles. The molecule has 0 aliphatic heterocycles. The molecule has 0 heterocycles. The molecule has 0 unspecified atom stereocenters. The highest BCUT2D eigenvalue weighted by atomic mass is 35.5. The Labute approximate surface area is 144 Å². The van der Waals surface area contributed by atoms with E-state index in [1.54, 1.807) is 13.0 Å². The molecule has 8 heteroatoms. The zero-order valence-corrected chi connectivity index (χ0v) is 14.4. The molecular weight excluding hydrogens is 361 g/mol. The van der Waals surface area contributed by atoms with Crippen molar-refractivity contribution in [1.29, 1.82) is 0 Å². The molecular formula is C15H13Cl2NO4S. The largest absolute Gasteiger partial charge is 0.462 e. The van der Waals surface area contributed by atoms with Gasteiger partial charge in [0.15, 0.2) is 0 Å². The van der Waals surface area contributed by atoms with Crippen LogP contribution in [0.1, 0.15) is 17.3 Å². The first-order valence-electron chi connectivity index (χ1n) is 6.58. The van der Waals surface area contributed by atoms with Crippen molar-refractivity contribution in [2.75, 3.05) is 11.3 Å². The Morgan fingerprint density at radius 2 is 1.87 bits per heavy atom. The fourth-order valence-electron chi connectivity index (χ4n) is 1.78. The number of ether oxygens (including phenoxy) is 1. The van der Waals surface area contributed by atoms with Crippen molar-refractivity contribution in [3.05, 3.63) is 58.1 Å². The first-order chi connectivity index (χ1) is 10.8. The maximum Gasteiger partial charge on any atom is 0.338 e. The fraction of sp³-hybridized carbons (Fsp3) is 0.133. The summed E-state index contributed by atoms with van der Waals surface area (Å²) < 4.78 is 31.9. The van der Waals surface area contributed by atoms with Gasteiger partial charge in [0.2, 0.25) is 0 Å². The number of benzene rings is 2. The lowest BCUT2D eigenvalue weighted by atomic mass is 10.2. The van der Waals surface area contributed by atoms with Crippen molar-refractivity contribution < 1.29 is 17.9 Å². The van der Waals surface area contributed by atoms with Crippen molar-refractivity contribution in [1.82, 2.24) is 0 Å². The summed E-state index contributed by atoms with van der Waals surface area (Å²) in [5.41, 5.74) is 0.489. The average molecular weight is 374 g/mol. The number of esters is 1. The van der Waals surface area contributed by atoms with Gasteiger partial charge in [-0.15, -0.1) is 0 Å². The maximum atomic E-state index is 12.3. The minimum atomic E-state index is -3.85. The first kappa shape index (κ1) is 17.6. The number of nitrogens with one attached hydrogen (secondary N) is 1.